The lowest BCUT2D eigenvalue weighted by molar-refractivity contribution is -0.133. The summed E-state index contributed by atoms with van der Waals surface area (Å²) >= 11 is 0. The molecule has 0 unspecified atom stereocenters. The molecule has 0 bridgehead atoms. The van der Waals surface area contributed by atoms with E-state index < -0.39 is 0 Å². The number of rotatable bonds is 6. The highest BCUT2D eigenvalue weighted by molar-refractivity contribution is 5.93. The van der Waals surface area contributed by atoms with Gasteiger partial charge in [-0.2, -0.15) is 5.10 Å². The number of fused-ring (bicyclic) bond motifs is 1. The molecule has 0 saturated carbocycles. The van der Waals surface area contributed by atoms with Gasteiger partial charge in [0.05, 0.1) is 24.8 Å². The van der Waals surface area contributed by atoms with E-state index in [1.807, 2.05) is 6.07 Å². The molecular weight excluding hydrogens is 350 g/mol. The van der Waals surface area contributed by atoms with E-state index >= 15 is 0 Å². The molecule has 3 rings (SSSR count). The number of hydrogen-bond acceptors (Lipinski definition) is 6. The molecule has 0 fully saturated rings. The minimum Gasteiger partial charge on any atom is -0.360 e. The number of carbonyl (C=O) groups excluding carboxylic acids is 2. The Morgan fingerprint density at radius 3 is 2.81 bits per heavy atom. The van der Waals surface area contributed by atoms with Gasteiger partial charge in [-0.15, -0.1) is 0 Å². The highest BCUT2D eigenvalue weighted by atomic mass is 16.5. The smallest absolute Gasteiger partial charge is 0.245 e. The lowest BCUT2D eigenvalue weighted by atomic mass is 10.2. The Morgan fingerprint density at radius 1 is 1.30 bits per heavy atom. The topological polar surface area (TPSA) is 110 Å². The van der Waals surface area contributed by atoms with Crippen LogP contribution in [0.25, 0.3) is 10.9 Å². The standard InChI is InChI=1S/C18H19N5O4/c1-12-9-16(21-27-12)20-17(25)11-22(2)18(26)7-8-23-14-6-4-3-5-13(14)15(24)10-19-23/h3-6,9-10H,7-8,11H2,1-2H3,(H,20,21,25). The van der Waals surface area contributed by atoms with Crippen LogP contribution in [0.4, 0.5) is 5.82 Å². The summed E-state index contributed by atoms with van der Waals surface area (Å²) in [6.07, 6.45) is 1.39. The van der Waals surface area contributed by atoms with Crippen LogP contribution in [-0.2, 0) is 16.1 Å². The Balaban J connectivity index is 1.58. The van der Waals surface area contributed by atoms with Gasteiger partial charge in [-0.05, 0) is 19.1 Å². The number of aromatic nitrogens is 3. The monoisotopic (exact) mass is 369 g/mol. The maximum Gasteiger partial charge on any atom is 0.245 e. The fraction of sp³-hybridized carbons (Fsp3) is 0.278. The van der Waals surface area contributed by atoms with Gasteiger partial charge < -0.3 is 14.7 Å². The predicted octanol–water partition coefficient (Wildman–Crippen LogP) is 1.18. The van der Waals surface area contributed by atoms with Gasteiger partial charge in [0, 0.05) is 24.9 Å². The molecule has 27 heavy (non-hydrogen) atoms. The quantitative estimate of drug-likeness (QED) is 0.699. The third-order valence-corrected chi connectivity index (χ3v) is 4.00. The van der Waals surface area contributed by atoms with Crippen molar-refractivity contribution in [1.29, 1.82) is 0 Å². The predicted molar refractivity (Wildman–Crippen MR) is 98.1 cm³/mol. The van der Waals surface area contributed by atoms with Crippen molar-refractivity contribution >= 4 is 28.5 Å². The Labute approximate surface area is 154 Å². The summed E-state index contributed by atoms with van der Waals surface area (Å²) in [6.45, 7) is 1.91. The third-order valence-electron chi connectivity index (χ3n) is 4.00. The minimum atomic E-state index is -0.369. The molecule has 0 spiro atoms. The second-order valence-corrected chi connectivity index (χ2v) is 6.12. The highest BCUT2D eigenvalue weighted by Gasteiger charge is 2.15. The van der Waals surface area contributed by atoms with Crippen molar-refractivity contribution in [2.45, 2.75) is 19.9 Å². The zero-order valence-electron chi connectivity index (χ0n) is 15.0. The van der Waals surface area contributed by atoms with E-state index in [9.17, 15) is 14.4 Å². The maximum atomic E-state index is 12.3. The van der Waals surface area contributed by atoms with Crippen molar-refractivity contribution < 1.29 is 14.1 Å². The molecule has 140 valence electrons. The van der Waals surface area contributed by atoms with Crippen molar-refractivity contribution in [3.63, 3.8) is 0 Å². The van der Waals surface area contributed by atoms with Gasteiger partial charge in [-0.25, -0.2) is 0 Å². The summed E-state index contributed by atoms with van der Waals surface area (Å²) in [4.78, 5) is 37.5. The normalized spacial score (nSPS) is 10.7. The van der Waals surface area contributed by atoms with Crippen LogP contribution in [0.1, 0.15) is 12.2 Å². The number of hydrogen-bond donors (Lipinski definition) is 1. The van der Waals surface area contributed by atoms with Gasteiger partial charge >= 0.3 is 0 Å². The number of nitrogens with zero attached hydrogens (tertiary/aromatic N) is 4. The molecule has 1 aromatic carbocycles. The van der Waals surface area contributed by atoms with Gasteiger partial charge in [-0.1, -0.05) is 17.3 Å². The first-order chi connectivity index (χ1) is 12.9. The summed E-state index contributed by atoms with van der Waals surface area (Å²) in [7, 11) is 1.55. The first-order valence-corrected chi connectivity index (χ1v) is 8.36. The maximum absolute atomic E-state index is 12.3. The van der Waals surface area contributed by atoms with E-state index in [0.717, 1.165) is 0 Å². The van der Waals surface area contributed by atoms with Gasteiger partial charge in [0.1, 0.15) is 5.76 Å². The lowest BCUT2D eigenvalue weighted by Crippen LogP contribution is -2.35. The molecular formula is C18H19N5O4. The fourth-order valence-corrected chi connectivity index (χ4v) is 2.64. The second kappa shape index (κ2) is 7.81. The van der Waals surface area contributed by atoms with E-state index in [1.54, 1.807) is 42.9 Å². The molecule has 2 amide bonds. The van der Waals surface area contributed by atoms with Crippen molar-refractivity contribution in [2.24, 2.45) is 0 Å². The zero-order chi connectivity index (χ0) is 19.4. The van der Waals surface area contributed by atoms with Crippen LogP contribution in [0.15, 0.2) is 45.8 Å². The van der Waals surface area contributed by atoms with Crippen molar-refractivity contribution in [3.8, 4) is 0 Å². The number of nitrogens with one attached hydrogen (secondary N) is 1. The SMILES string of the molecule is Cc1cc(NC(=O)CN(C)C(=O)CCn2ncc(=O)c3ccccc32)no1. The van der Waals surface area contributed by atoms with Gasteiger partial charge in [-0.3, -0.25) is 19.1 Å². The van der Waals surface area contributed by atoms with Crippen molar-refractivity contribution in [1.82, 2.24) is 19.8 Å². The van der Waals surface area contributed by atoms with E-state index in [-0.39, 0.29) is 30.2 Å². The molecule has 0 aliphatic heterocycles. The Kier molecular flexibility index (Phi) is 5.30. The molecule has 1 N–H and O–H groups in total. The molecule has 9 heteroatoms. The molecule has 9 nitrogen and oxygen atoms in total. The van der Waals surface area contributed by atoms with Crippen LogP contribution in [0.3, 0.4) is 0 Å². The number of carbonyl (C=O) groups is 2. The molecule has 0 aliphatic rings. The number of amides is 2. The van der Waals surface area contributed by atoms with Gasteiger partial charge in [0.2, 0.25) is 17.2 Å². The summed E-state index contributed by atoms with van der Waals surface area (Å²) in [5.74, 6) is 0.301. The number of aryl methyl sites for hydroxylation is 2. The molecule has 3 aromatic rings. The van der Waals surface area contributed by atoms with Crippen molar-refractivity contribution in [3.05, 3.63) is 52.5 Å². The summed E-state index contributed by atoms with van der Waals surface area (Å²) in [5.41, 5.74) is 0.504. The van der Waals surface area contributed by atoms with Crippen molar-refractivity contribution in [2.75, 3.05) is 18.9 Å². The Morgan fingerprint density at radius 2 is 2.07 bits per heavy atom. The van der Waals surface area contributed by atoms with Gasteiger partial charge in [0.15, 0.2) is 5.82 Å². The number of likely N-dealkylation sites (N-methyl/N-ethyl adjacent to an activating group) is 1. The number of benzene rings is 1. The van der Waals surface area contributed by atoms with Crippen LogP contribution >= 0.6 is 0 Å². The van der Waals surface area contributed by atoms with Crippen LogP contribution < -0.4 is 10.7 Å². The Hall–Kier alpha value is -3.49. The van der Waals surface area contributed by atoms with Crippen LogP contribution in [0, 0.1) is 6.92 Å². The van der Waals surface area contributed by atoms with Gasteiger partial charge in [0.25, 0.3) is 0 Å². The second-order valence-electron chi connectivity index (χ2n) is 6.12. The zero-order valence-corrected chi connectivity index (χ0v) is 15.0. The van der Waals surface area contributed by atoms with Crippen LogP contribution in [0.2, 0.25) is 0 Å². The third kappa shape index (κ3) is 4.38. The molecule has 0 aliphatic carbocycles. The summed E-state index contributed by atoms with van der Waals surface area (Å²) in [6, 6.07) is 8.68. The average molecular weight is 369 g/mol. The van der Waals surface area contributed by atoms with E-state index in [0.29, 0.717) is 29.0 Å². The minimum absolute atomic E-state index is 0.108. The van der Waals surface area contributed by atoms with Crippen LogP contribution in [-0.4, -0.2) is 45.2 Å². The average Bonchev–Trinajstić information content (AvgIpc) is 3.05. The number of para-hydroxylation sites is 1. The highest BCUT2D eigenvalue weighted by Crippen LogP contribution is 2.09. The first-order valence-electron chi connectivity index (χ1n) is 8.36. The van der Waals surface area contributed by atoms with Crippen LogP contribution in [0.5, 0.6) is 0 Å². The molecule has 2 aromatic heterocycles. The van der Waals surface area contributed by atoms with E-state index in [1.165, 1.54) is 11.1 Å². The lowest BCUT2D eigenvalue weighted by Gasteiger charge is -2.17. The molecule has 0 saturated heterocycles. The largest absolute Gasteiger partial charge is 0.360 e. The summed E-state index contributed by atoms with van der Waals surface area (Å²) in [5, 5.41) is 10.9. The fourth-order valence-electron chi connectivity index (χ4n) is 2.64. The summed E-state index contributed by atoms with van der Waals surface area (Å²) < 4.78 is 6.48. The molecule has 2 heterocycles. The molecule has 0 radical (unpaired) electrons. The first kappa shape index (κ1) is 18.3. The van der Waals surface area contributed by atoms with E-state index in [2.05, 4.69) is 15.6 Å². The number of anilines is 1. The molecule has 0 atom stereocenters. The Bertz CT molecular complexity index is 1040. The van der Waals surface area contributed by atoms with E-state index in [4.69, 9.17) is 4.52 Å².